The highest BCUT2D eigenvalue weighted by atomic mass is 19.1. The maximum Gasteiger partial charge on any atom is 0.123 e. The van der Waals surface area contributed by atoms with E-state index in [0.29, 0.717) is 6.42 Å². The van der Waals surface area contributed by atoms with Crippen molar-refractivity contribution in [3.05, 3.63) is 35.6 Å². The molecule has 0 spiro atoms. The molecule has 1 rings (SSSR count). The highest BCUT2D eigenvalue weighted by Gasteiger charge is 2.31. The SMILES string of the molecule is COC(C(Cc1cccc(F)c1)NN)C(C)(C)C. The topological polar surface area (TPSA) is 47.3 Å². The molecule has 0 saturated carbocycles. The van der Waals surface area contributed by atoms with Gasteiger partial charge >= 0.3 is 0 Å². The summed E-state index contributed by atoms with van der Waals surface area (Å²) in [6.45, 7) is 6.28. The number of hydrazine groups is 1. The Balaban J connectivity index is 2.84. The minimum absolute atomic E-state index is 0.0425. The Morgan fingerprint density at radius 1 is 1.39 bits per heavy atom. The molecule has 0 aliphatic heterocycles. The summed E-state index contributed by atoms with van der Waals surface area (Å²) in [7, 11) is 1.67. The van der Waals surface area contributed by atoms with Crippen molar-refractivity contribution in [2.24, 2.45) is 11.3 Å². The van der Waals surface area contributed by atoms with Crippen LogP contribution in [0.3, 0.4) is 0 Å². The van der Waals surface area contributed by atoms with E-state index in [0.717, 1.165) is 5.56 Å². The van der Waals surface area contributed by atoms with Crippen molar-refractivity contribution in [3.63, 3.8) is 0 Å². The largest absolute Gasteiger partial charge is 0.379 e. The standard InChI is InChI=1S/C14H23FN2O/c1-14(2,3)13(18-4)12(17-16)9-10-6-5-7-11(15)8-10/h5-8,12-13,17H,9,16H2,1-4H3. The van der Waals surface area contributed by atoms with E-state index in [1.807, 2.05) is 6.07 Å². The van der Waals surface area contributed by atoms with Gasteiger partial charge in [0.1, 0.15) is 5.82 Å². The molecule has 0 bridgehead atoms. The molecule has 1 aromatic rings. The molecule has 0 aromatic heterocycles. The van der Waals surface area contributed by atoms with Gasteiger partial charge < -0.3 is 4.74 Å². The van der Waals surface area contributed by atoms with Crippen LogP contribution in [0, 0.1) is 11.2 Å². The third-order valence-corrected chi connectivity index (χ3v) is 3.03. The van der Waals surface area contributed by atoms with Gasteiger partial charge in [-0.1, -0.05) is 32.9 Å². The molecule has 2 atom stereocenters. The van der Waals surface area contributed by atoms with Gasteiger partial charge in [0, 0.05) is 7.11 Å². The normalized spacial score (nSPS) is 15.4. The van der Waals surface area contributed by atoms with Crippen LogP contribution in [0.5, 0.6) is 0 Å². The zero-order valence-electron chi connectivity index (χ0n) is 11.5. The van der Waals surface area contributed by atoms with Crippen molar-refractivity contribution in [2.45, 2.75) is 39.3 Å². The summed E-state index contributed by atoms with van der Waals surface area (Å²) in [6.07, 6.45) is 0.579. The van der Waals surface area contributed by atoms with E-state index in [4.69, 9.17) is 10.6 Å². The van der Waals surface area contributed by atoms with Gasteiger partial charge in [-0.2, -0.15) is 0 Å². The maximum atomic E-state index is 13.2. The Bertz CT molecular complexity index is 376. The van der Waals surface area contributed by atoms with Crippen LogP contribution in [0.1, 0.15) is 26.3 Å². The van der Waals surface area contributed by atoms with Crippen LogP contribution < -0.4 is 11.3 Å². The molecule has 0 aliphatic carbocycles. The summed E-state index contributed by atoms with van der Waals surface area (Å²) >= 11 is 0. The number of ether oxygens (including phenoxy) is 1. The van der Waals surface area contributed by atoms with E-state index in [-0.39, 0.29) is 23.4 Å². The molecule has 18 heavy (non-hydrogen) atoms. The quantitative estimate of drug-likeness (QED) is 0.626. The highest BCUT2D eigenvalue weighted by molar-refractivity contribution is 5.18. The summed E-state index contributed by atoms with van der Waals surface area (Å²) in [5.74, 6) is 5.38. The molecular weight excluding hydrogens is 231 g/mol. The fourth-order valence-corrected chi connectivity index (χ4v) is 2.29. The average Bonchev–Trinajstić information content (AvgIpc) is 2.26. The zero-order valence-corrected chi connectivity index (χ0v) is 11.5. The predicted molar refractivity (Wildman–Crippen MR) is 71.5 cm³/mol. The van der Waals surface area contributed by atoms with Crippen LogP contribution in [0.15, 0.2) is 24.3 Å². The summed E-state index contributed by atoms with van der Waals surface area (Å²) in [5.41, 5.74) is 3.64. The number of hydrogen-bond donors (Lipinski definition) is 2. The van der Waals surface area contributed by atoms with Gasteiger partial charge in [0.05, 0.1) is 12.1 Å². The first kappa shape index (κ1) is 15.1. The van der Waals surface area contributed by atoms with Crippen molar-refractivity contribution < 1.29 is 9.13 Å². The molecule has 102 valence electrons. The van der Waals surface area contributed by atoms with Crippen LogP contribution >= 0.6 is 0 Å². The fraction of sp³-hybridized carbons (Fsp3) is 0.571. The van der Waals surface area contributed by atoms with Crippen LogP contribution in [0.25, 0.3) is 0 Å². The molecule has 3 N–H and O–H groups in total. The first-order valence-corrected chi connectivity index (χ1v) is 6.12. The van der Waals surface area contributed by atoms with Gasteiger partial charge in [-0.25, -0.2) is 4.39 Å². The Labute approximate surface area is 108 Å². The minimum atomic E-state index is -0.229. The second-order valence-corrected chi connectivity index (χ2v) is 5.63. The van der Waals surface area contributed by atoms with Crippen molar-refractivity contribution in [3.8, 4) is 0 Å². The Morgan fingerprint density at radius 3 is 2.50 bits per heavy atom. The number of benzene rings is 1. The van der Waals surface area contributed by atoms with Crippen LogP contribution in [0.4, 0.5) is 4.39 Å². The van der Waals surface area contributed by atoms with Crippen molar-refractivity contribution in [1.29, 1.82) is 0 Å². The Morgan fingerprint density at radius 2 is 2.06 bits per heavy atom. The average molecular weight is 254 g/mol. The minimum Gasteiger partial charge on any atom is -0.379 e. The zero-order chi connectivity index (χ0) is 13.8. The van der Waals surface area contributed by atoms with Gasteiger partial charge in [0.15, 0.2) is 0 Å². The second kappa shape index (κ2) is 6.27. The lowest BCUT2D eigenvalue weighted by Crippen LogP contribution is -2.51. The second-order valence-electron chi connectivity index (χ2n) is 5.63. The van der Waals surface area contributed by atoms with Crippen LogP contribution in [-0.4, -0.2) is 19.3 Å². The predicted octanol–water partition coefficient (Wildman–Crippen LogP) is 2.26. The number of methoxy groups -OCH3 is 1. The molecule has 3 nitrogen and oxygen atoms in total. The molecule has 0 aliphatic rings. The monoisotopic (exact) mass is 254 g/mol. The van der Waals surface area contributed by atoms with Crippen LogP contribution in [0.2, 0.25) is 0 Å². The van der Waals surface area contributed by atoms with Gasteiger partial charge in [0.2, 0.25) is 0 Å². The molecule has 1 aromatic carbocycles. The molecule has 4 heteroatoms. The lowest BCUT2D eigenvalue weighted by molar-refractivity contribution is -0.0110. The molecule has 2 unspecified atom stereocenters. The third-order valence-electron chi connectivity index (χ3n) is 3.03. The fourth-order valence-electron chi connectivity index (χ4n) is 2.29. The van der Waals surface area contributed by atoms with Gasteiger partial charge in [0.25, 0.3) is 0 Å². The molecule has 0 heterocycles. The number of nitrogens with two attached hydrogens (primary N) is 1. The smallest absolute Gasteiger partial charge is 0.123 e. The van der Waals surface area contributed by atoms with Gasteiger partial charge in [-0.15, -0.1) is 0 Å². The van der Waals surface area contributed by atoms with Gasteiger partial charge in [-0.05, 0) is 29.5 Å². The van der Waals surface area contributed by atoms with E-state index in [9.17, 15) is 4.39 Å². The van der Waals surface area contributed by atoms with Crippen molar-refractivity contribution in [1.82, 2.24) is 5.43 Å². The lowest BCUT2D eigenvalue weighted by atomic mass is 9.82. The molecule has 0 amide bonds. The van der Waals surface area contributed by atoms with Crippen molar-refractivity contribution in [2.75, 3.05) is 7.11 Å². The Kier molecular flexibility index (Phi) is 5.26. The maximum absolute atomic E-state index is 13.2. The van der Waals surface area contributed by atoms with Crippen LogP contribution in [-0.2, 0) is 11.2 Å². The third kappa shape index (κ3) is 4.05. The first-order valence-electron chi connectivity index (χ1n) is 6.12. The van der Waals surface area contributed by atoms with Gasteiger partial charge in [-0.3, -0.25) is 11.3 Å². The summed E-state index contributed by atoms with van der Waals surface area (Å²) < 4.78 is 18.7. The number of hydrogen-bond acceptors (Lipinski definition) is 3. The molecule has 0 saturated heterocycles. The van der Waals surface area contributed by atoms with E-state index < -0.39 is 0 Å². The Hall–Kier alpha value is -0.970. The number of nitrogens with one attached hydrogen (secondary N) is 1. The van der Waals surface area contributed by atoms with E-state index in [2.05, 4.69) is 26.2 Å². The highest BCUT2D eigenvalue weighted by Crippen LogP contribution is 2.26. The van der Waals surface area contributed by atoms with Crippen molar-refractivity contribution >= 4 is 0 Å². The summed E-state index contributed by atoms with van der Waals surface area (Å²) in [5, 5.41) is 0. The summed E-state index contributed by atoms with van der Waals surface area (Å²) in [4.78, 5) is 0. The molecule has 0 radical (unpaired) electrons. The van der Waals surface area contributed by atoms with E-state index in [1.165, 1.54) is 12.1 Å². The first-order chi connectivity index (χ1) is 8.38. The molecule has 0 fully saturated rings. The van der Waals surface area contributed by atoms with E-state index >= 15 is 0 Å². The number of rotatable bonds is 5. The molecular formula is C14H23FN2O. The number of halogens is 1. The summed E-state index contributed by atoms with van der Waals surface area (Å²) in [6, 6.07) is 6.50. The van der Waals surface area contributed by atoms with E-state index in [1.54, 1.807) is 13.2 Å². The lowest BCUT2D eigenvalue weighted by Gasteiger charge is -2.35.